The Hall–Kier alpha value is -1.10. The van der Waals surface area contributed by atoms with Gasteiger partial charge in [-0.05, 0) is 43.6 Å². The summed E-state index contributed by atoms with van der Waals surface area (Å²) >= 11 is 3.50. The van der Waals surface area contributed by atoms with E-state index in [1.165, 1.54) is 0 Å². The number of hydrogen-bond donors (Lipinski definition) is 0. The van der Waals surface area contributed by atoms with E-state index in [0.717, 1.165) is 27.3 Å². The topological polar surface area (TPSA) is 43.9 Å². The Morgan fingerprint density at radius 1 is 1.19 bits per heavy atom. The van der Waals surface area contributed by atoms with Crippen molar-refractivity contribution < 1.29 is 4.42 Å². The van der Waals surface area contributed by atoms with Crippen LogP contribution in [0.15, 0.2) is 8.89 Å². The Labute approximate surface area is 103 Å². The summed E-state index contributed by atoms with van der Waals surface area (Å²) in [5, 5.41) is 4.41. The highest BCUT2D eigenvalue weighted by Gasteiger charge is 2.12. The third-order valence-electron chi connectivity index (χ3n) is 2.65. The fraction of sp³-hybridized carbons (Fsp3) is 0.455. The fourth-order valence-electron chi connectivity index (χ4n) is 1.56. The standard InChI is InChI=1S/C11H14BrN3O/c1-6-9(4)16-10(13-6)5-15-8(3)11(12)7(2)14-15/h5H2,1-4H3. The van der Waals surface area contributed by atoms with E-state index in [9.17, 15) is 0 Å². The van der Waals surface area contributed by atoms with Gasteiger partial charge in [-0.25, -0.2) is 4.98 Å². The summed E-state index contributed by atoms with van der Waals surface area (Å²) in [7, 11) is 0. The van der Waals surface area contributed by atoms with Gasteiger partial charge in [-0.1, -0.05) is 0 Å². The molecule has 0 radical (unpaired) electrons. The quantitative estimate of drug-likeness (QED) is 0.851. The average molecular weight is 284 g/mol. The Bertz CT molecular complexity index is 508. The minimum atomic E-state index is 0.576. The van der Waals surface area contributed by atoms with Crippen LogP contribution >= 0.6 is 15.9 Å². The predicted octanol–water partition coefficient (Wildman–Crippen LogP) is 2.92. The van der Waals surface area contributed by atoms with E-state index in [0.29, 0.717) is 12.4 Å². The van der Waals surface area contributed by atoms with Gasteiger partial charge in [0.1, 0.15) is 12.3 Å². The second kappa shape index (κ2) is 4.05. The van der Waals surface area contributed by atoms with Gasteiger partial charge in [0.2, 0.25) is 5.89 Å². The molecular formula is C11H14BrN3O. The smallest absolute Gasteiger partial charge is 0.216 e. The molecule has 2 aromatic heterocycles. The predicted molar refractivity (Wildman–Crippen MR) is 64.5 cm³/mol. The van der Waals surface area contributed by atoms with Crippen LogP contribution in [-0.4, -0.2) is 14.8 Å². The van der Waals surface area contributed by atoms with Gasteiger partial charge in [-0.3, -0.25) is 4.68 Å². The van der Waals surface area contributed by atoms with Crippen LogP contribution in [0.1, 0.15) is 28.7 Å². The van der Waals surface area contributed by atoms with E-state index in [4.69, 9.17) is 4.42 Å². The molecule has 0 unspecified atom stereocenters. The minimum absolute atomic E-state index is 0.576. The number of halogens is 1. The molecule has 86 valence electrons. The van der Waals surface area contributed by atoms with Crippen LogP contribution in [0.4, 0.5) is 0 Å². The molecule has 0 atom stereocenters. The van der Waals surface area contributed by atoms with Gasteiger partial charge in [0.15, 0.2) is 0 Å². The zero-order chi connectivity index (χ0) is 11.9. The Balaban J connectivity index is 2.30. The van der Waals surface area contributed by atoms with Crippen molar-refractivity contribution in [2.75, 3.05) is 0 Å². The number of oxazole rings is 1. The van der Waals surface area contributed by atoms with E-state index in [-0.39, 0.29) is 0 Å². The van der Waals surface area contributed by atoms with Crippen LogP contribution in [0, 0.1) is 27.7 Å². The van der Waals surface area contributed by atoms with Crippen molar-refractivity contribution in [3.63, 3.8) is 0 Å². The van der Waals surface area contributed by atoms with Crippen molar-refractivity contribution in [2.45, 2.75) is 34.2 Å². The molecule has 4 nitrogen and oxygen atoms in total. The molecule has 16 heavy (non-hydrogen) atoms. The molecule has 0 aliphatic carbocycles. The van der Waals surface area contributed by atoms with E-state index in [1.54, 1.807) is 0 Å². The molecule has 0 aromatic carbocycles. The molecule has 2 heterocycles. The van der Waals surface area contributed by atoms with E-state index in [1.807, 2.05) is 32.4 Å². The lowest BCUT2D eigenvalue weighted by Crippen LogP contribution is -2.04. The summed E-state index contributed by atoms with van der Waals surface area (Å²) in [6, 6.07) is 0. The van der Waals surface area contributed by atoms with Crippen molar-refractivity contribution in [2.24, 2.45) is 0 Å². The molecular weight excluding hydrogens is 270 g/mol. The van der Waals surface area contributed by atoms with Crippen molar-refractivity contribution in [1.29, 1.82) is 0 Å². The molecule has 0 amide bonds. The molecule has 2 rings (SSSR count). The normalized spacial score (nSPS) is 11.1. The van der Waals surface area contributed by atoms with Gasteiger partial charge in [-0.15, -0.1) is 0 Å². The van der Waals surface area contributed by atoms with E-state index in [2.05, 4.69) is 26.0 Å². The van der Waals surface area contributed by atoms with Crippen LogP contribution in [-0.2, 0) is 6.54 Å². The molecule has 0 spiro atoms. The molecule has 2 aromatic rings. The summed E-state index contributed by atoms with van der Waals surface area (Å²) < 4.78 is 8.48. The fourth-order valence-corrected chi connectivity index (χ4v) is 1.85. The maximum absolute atomic E-state index is 5.54. The molecule has 0 saturated carbocycles. The summed E-state index contributed by atoms with van der Waals surface area (Å²) in [6.45, 7) is 8.43. The molecule has 0 N–H and O–H groups in total. The number of aromatic nitrogens is 3. The second-order valence-electron chi connectivity index (χ2n) is 3.89. The number of nitrogens with zero attached hydrogens (tertiary/aromatic N) is 3. The van der Waals surface area contributed by atoms with Gasteiger partial charge in [0, 0.05) is 0 Å². The highest BCUT2D eigenvalue weighted by molar-refractivity contribution is 9.10. The first kappa shape index (κ1) is 11.4. The number of hydrogen-bond acceptors (Lipinski definition) is 3. The first-order valence-electron chi connectivity index (χ1n) is 5.11. The zero-order valence-corrected chi connectivity index (χ0v) is 11.4. The lowest BCUT2D eigenvalue weighted by molar-refractivity contribution is 0.443. The van der Waals surface area contributed by atoms with Crippen molar-refractivity contribution in [1.82, 2.24) is 14.8 Å². The summed E-state index contributed by atoms with van der Waals surface area (Å²) in [4.78, 5) is 4.34. The SMILES string of the molecule is Cc1nc(Cn2nc(C)c(Br)c2C)oc1C. The maximum Gasteiger partial charge on any atom is 0.216 e. The van der Waals surface area contributed by atoms with Gasteiger partial charge < -0.3 is 4.42 Å². The second-order valence-corrected chi connectivity index (χ2v) is 4.68. The molecule has 0 saturated heterocycles. The maximum atomic E-state index is 5.54. The first-order chi connectivity index (χ1) is 7.49. The third kappa shape index (κ3) is 1.91. The lowest BCUT2D eigenvalue weighted by atomic mass is 10.4. The van der Waals surface area contributed by atoms with Gasteiger partial charge in [-0.2, -0.15) is 5.10 Å². The first-order valence-corrected chi connectivity index (χ1v) is 5.90. The highest BCUT2D eigenvalue weighted by atomic mass is 79.9. The van der Waals surface area contributed by atoms with Gasteiger partial charge >= 0.3 is 0 Å². The molecule has 0 aliphatic rings. The zero-order valence-electron chi connectivity index (χ0n) is 9.83. The largest absolute Gasteiger partial charge is 0.444 e. The molecule has 5 heteroatoms. The molecule has 0 fully saturated rings. The van der Waals surface area contributed by atoms with Crippen molar-refractivity contribution >= 4 is 15.9 Å². The van der Waals surface area contributed by atoms with Gasteiger partial charge in [0.25, 0.3) is 0 Å². The van der Waals surface area contributed by atoms with Crippen LogP contribution in [0.5, 0.6) is 0 Å². The monoisotopic (exact) mass is 283 g/mol. The van der Waals surface area contributed by atoms with Crippen LogP contribution in [0.25, 0.3) is 0 Å². The summed E-state index contributed by atoms with van der Waals surface area (Å²) in [5.74, 6) is 1.57. The number of aryl methyl sites for hydroxylation is 3. The number of rotatable bonds is 2. The Morgan fingerprint density at radius 3 is 2.31 bits per heavy atom. The average Bonchev–Trinajstić information content (AvgIpc) is 2.64. The minimum Gasteiger partial charge on any atom is -0.444 e. The Morgan fingerprint density at radius 2 is 1.88 bits per heavy atom. The van der Waals surface area contributed by atoms with Crippen LogP contribution < -0.4 is 0 Å². The third-order valence-corrected chi connectivity index (χ3v) is 3.80. The van der Waals surface area contributed by atoms with Crippen molar-refractivity contribution in [3.05, 3.63) is 33.2 Å². The summed E-state index contributed by atoms with van der Waals surface area (Å²) in [5.41, 5.74) is 3.01. The molecule has 0 bridgehead atoms. The van der Waals surface area contributed by atoms with Crippen LogP contribution in [0.2, 0.25) is 0 Å². The van der Waals surface area contributed by atoms with E-state index < -0.39 is 0 Å². The van der Waals surface area contributed by atoms with Crippen molar-refractivity contribution in [3.8, 4) is 0 Å². The molecule has 0 aliphatic heterocycles. The van der Waals surface area contributed by atoms with E-state index >= 15 is 0 Å². The van der Waals surface area contributed by atoms with Crippen LogP contribution in [0.3, 0.4) is 0 Å². The highest BCUT2D eigenvalue weighted by Crippen LogP contribution is 2.20. The summed E-state index contributed by atoms with van der Waals surface area (Å²) in [6.07, 6.45) is 0. The van der Waals surface area contributed by atoms with Gasteiger partial charge in [0.05, 0.1) is 21.6 Å². The Kier molecular flexibility index (Phi) is 2.88. The lowest BCUT2D eigenvalue weighted by Gasteiger charge is -1.99.